The van der Waals surface area contributed by atoms with Crippen LogP contribution in [0.15, 0.2) is 64.6 Å². The van der Waals surface area contributed by atoms with Crippen LogP contribution in [0.5, 0.6) is 0 Å². The fourth-order valence-corrected chi connectivity index (χ4v) is 10.6. The average molecular weight is 1100 g/mol. The van der Waals surface area contributed by atoms with Gasteiger partial charge in [0.05, 0.1) is 22.8 Å². The predicted molar refractivity (Wildman–Crippen MR) is 326 cm³/mol. The molecule has 0 fully saturated rings. The second-order valence-electron chi connectivity index (χ2n) is 22.5. The zero-order chi connectivity index (χ0) is 51.1. The van der Waals surface area contributed by atoms with Crippen molar-refractivity contribution in [2.75, 3.05) is 0 Å². The van der Waals surface area contributed by atoms with Gasteiger partial charge >= 0.3 is 0 Å². The summed E-state index contributed by atoms with van der Waals surface area (Å²) < 4.78 is 0. The summed E-state index contributed by atoms with van der Waals surface area (Å²) in [5.41, 5.74) is 5.49. The van der Waals surface area contributed by atoms with E-state index in [1.165, 1.54) is 313 Å². The molecule has 2 rings (SSSR count). The number of para-hydroxylation sites is 1. The summed E-state index contributed by atoms with van der Waals surface area (Å²) in [5.74, 6) is 6.98. The van der Waals surface area contributed by atoms with Crippen LogP contribution in [0.4, 0.5) is 11.4 Å². The topological polar surface area (TPSA) is 24.7 Å². The van der Waals surface area contributed by atoms with Crippen molar-refractivity contribution in [2.24, 2.45) is 9.98 Å². The zero-order valence-corrected chi connectivity index (χ0v) is 50.5. The molecule has 0 saturated heterocycles. The van der Waals surface area contributed by atoms with E-state index in [-0.39, 0.29) is 20.4 Å². The van der Waals surface area contributed by atoms with Crippen LogP contribution in [0.1, 0.15) is 354 Å². The molecule has 0 spiro atoms. The van der Waals surface area contributed by atoms with Crippen molar-refractivity contribution in [3.63, 3.8) is 0 Å². The minimum absolute atomic E-state index is 0. The van der Waals surface area contributed by atoms with Gasteiger partial charge in [-0.25, -0.2) is 0 Å². The van der Waals surface area contributed by atoms with E-state index in [1.54, 1.807) is 0 Å². The van der Waals surface area contributed by atoms with E-state index >= 15 is 0 Å². The molecule has 0 radical (unpaired) electrons. The van der Waals surface area contributed by atoms with Gasteiger partial charge in [-0.1, -0.05) is 346 Å². The number of hydrogen-bond donors (Lipinski definition) is 0. The van der Waals surface area contributed by atoms with Crippen LogP contribution in [0, 0.1) is 11.8 Å². The van der Waals surface area contributed by atoms with Crippen molar-refractivity contribution < 1.29 is 20.4 Å². The van der Waals surface area contributed by atoms with Crippen molar-refractivity contribution in [3.05, 3.63) is 60.2 Å². The maximum atomic E-state index is 5.36. The van der Waals surface area contributed by atoms with Gasteiger partial charge in [-0.15, -0.1) is 0 Å². The summed E-state index contributed by atoms with van der Waals surface area (Å²) in [7, 11) is 0. The summed E-state index contributed by atoms with van der Waals surface area (Å²) >= 11 is 0. The molecule has 73 heavy (non-hydrogen) atoms. The monoisotopic (exact) mass is 1090 g/mol. The molecule has 2 aromatic rings. The minimum Gasteiger partial charge on any atom is -0.252 e. The van der Waals surface area contributed by atoms with E-state index in [2.05, 4.69) is 87.2 Å². The van der Waals surface area contributed by atoms with E-state index in [9.17, 15) is 0 Å². The first kappa shape index (κ1) is 69.0. The third-order valence-electron chi connectivity index (χ3n) is 15.4. The molecule has 0 unspecified atom stereocenters. The Bertz CT molecular complexity index is 1550. The Hall–Kier alpha value is -2.00. The van der Waals surface area contributed by atoms with E-state index in [0.717, 1.165) is 42.6 Å². The number of unbranched alkanes of at least 4 members (excludes halogenated alkanes) is 46. The van der Waals surface area contributed by atoms with Crippen LogP contribution >= 0.6 is 0 Å². The van der Waals surface area contributed by atoms with Gasteiger partial charge in [0.2, 0.25) is 0 Å². The van der Waals surface area contributed by atoms with Crippen LogP contribution in [0.2, 0.25) is 0 Å². The fourth-order valence-electron chi connectivity index (χ4n) is 10.6. The van der Waals surface area contributed by atoms with Crippen LogP contribution in [-0.2, 0) is 20.4 Å². The average Bonchev–Trinajstić information content (AvgIpc) is 3.40. The molecule has 0 aliphatic rings. The summed E-state index contributed by atoms with van der Waals surface area (Å²) in [6.07, 6.45) is 70.6. The third kappa shape index (κ3) is 45.9. The van der Waals surface area contributed by atoms with Crippen LogP contribution in [0.3, 0.4) is 0 Å². The maximum absolute atomic E-state index is 5.36. The van der Waals surface area contributed by atoms with Gasteiger partial charge in [0.1, 0.15) is 0 Å². The van der Waals surface area contributed by atoms with Crippen molar-refractivity contribution in [1.29, 1.82) is 0 Å². The second kappa shape index (κ2) is 56.2. The van der Waals surface area contributed by atoms with Crippen molar-refractivity contribution in [1.82, 2.24) is 0 Å². The molecule has 2 aromatic carbocycles. The first-order valence-electron chi connectivity index (χ1n) is 32.6. The zero-order valence-electron chi connectivity index (χ0n) is 49.0. The standard InChI is InChI=1S/C70H120N2.Pd/c1-4-7-10-12-14-16-18-20-22-24-26-27-28-29-30-31-32-33-34-36-38-40-42-44-46-48-50-56-64-69(71-67-60-54-51-55-61-67)70(63-52-9-6-3)72-68-62-57-59-66(65-68)58-53-49-47-45-43-41-39-37-35-25-23-21-19-17-15-13-11-8-5-2;/h51,54-55,57,59-62,65H,4-50,52,56,63-64H2,1-3H3;. The number of nitrogens with zero attached hydrogens (tertiary/aromatic N) is 2. The Labute approximate surface area is 470 Å². The summed E-state index contributed by atoms with van der Waals surface area (Å²) in [5, 5.41) is 0. The largest absolute Gasteiger partial charge is 0.252 e. The molecule has 0 amide bonds. The summed E-state index contributed by atoms with van der Waals surface area (Å²) in [6, 6.07) is 19.2. The molecule has 0 heterocycles. The molecule has 0 aromatic heterocycles. The van der Waals surface area contributed by atoms with Crippen molar-refractivity contribution >= 4 is 22.8 Å². The van der Waals surface area contributed by atoms with E-state index in [0.29, 0.717) is 0 Å². The Balaban J connectivity index is 0.0000266. The molecular formula is C70H120N2Pd. The smallest absolute Gasteiger partial charge is 0.0646 e. The first-order chi connectivity index (χ1) is 35.8. The van der Waals surface area contributed by atoms with E-state index in [1.807, 2.05) is 0 Å². The van der Waals surface area contributed by atoms with Crippen molar-refractivity contribution in [3.8, 4) is 11.8 Å². The molecule has 0 bridgehead atoms. The molecule has 0 saturated carbocycles. The van der Waals surface area contributed by atoms with Gasteiger partial charge in [0.25, 0.3) is 0 Å². The van der Waals surface area contributed by atoms with Crippen molar-refractivity contribution in [2.45, 2.75) is 348 Å². The number of benzene rings is 2. The molecule has 2 nitrogen and oxygen atoms in total. The molecule has 0 atom stereocenters. The minimum atomic E-state index is 0. The summed E-state index contributed by atoms with van der Waals surface area (Å²) in [4.78, 5) is 10.6. The molecule has 0 N–H and O–H groups in total. The first-order valence-corrected chi connectivity index (χ1v) is 32.6. The van der Waals surface area contributed by atoms with Gasteiger partial charge in [-0.3, -0.25) is 9.98 Å². The molecule has 3 heteroatoms. The van der Waals surface area contributed by atoms with Gasteiger partial charge in [-0.2, -0.15) is 0 Å². The Morgan fingerprint density at radius 3 is 0.932 bits per heavy atom. The summed E-state index contributed by atoms with van der Waals surface area (Å²) in [6.45, 7) is 6.91. The van der Waals surface area contributed by atoms with Crippen LogP contribution in [-0.4, -0.2) is 11.4 Å². The Morgan fingerprint density at radius 2 is 0.575 bits per heavy atom. The van der Waals surface area contributed by atoms with Gasteiger partial charge < -0.3 is 0 Å². The van der Waals surface area contributed by atoms with Crippen LogP contribution < -0.4 is 0 Å². The van der Waals surface area contributed by atoms with Gasteiger partial charge in [0, 0.05) is 32.4 Å². The second-order valence-corrected chi connectivity index (χ2v) is 22.5. The molecule has 420 valence electrons. The van der Waals surface area contributed by atoms with Gasteiger partial charge in [-0.05, 0) is 62.4 Å². The van der Waals surface area contributed by atoms with Gasteiger partial charge in [0.15, 0.2) is 0 Å². The third-order valence-corrected chi connectivity index (χ3v) is 15.4. The Morgan fingerprint density at radius 1 is 0.301 bits per heavy atom. The SMILES string of the molecule is CCCCCCCCCCCCCCCCCCCC#Cc1cccc(N=C(CCCCC)C(CCCCCCCCCCCCCCCCCCCCCCCCCCCCCC)=Nc2ccccc2)c1.[Pd]. The number of hydrogen-bond acceptors (Lipinski definition) is 2. The normalized spacial score (nSPS) is 11.8. The molecule has 0 aliphatic heterocycles. The number of aliphatic imine (C=N–C) groups is 2. The predicted octanol–water partition coefficient (Wildman–Crippen LogP) is 24.8. The fraction of sp³-hybridized carbons (Fsp3) is 0.771. The molecular weight excluding hydrogens is 975 g/mol. The maximum Gasteiger partial charge on any atom is 0.0646 e. The van der Waals surface area contributed by atoms with E-state index < -0.39 is 0 Å². The Kier molecular flexibility index (Phi) is 53.1. The van der Waals surface area contributed by atoms with E-state index in [4.69, 9.17) is 9.98 Å². The molecule has 0 aliphatic carbocycles. The van der Waals surface area contributed by atoms with Crippen LogP contribution in [0.25, 0.3) is 0 Å². The quantitative estimate of drug-likeness (QED) is 0.0273. The number of rotatable bonds is 53.